The fourth-order valence-electron chi connectivity index (χ4n) is 3.94. The van der Waals surface area contributed by atoms with Crippen LogP contribution in [0.1, 0.15) is 48.3 Å². The van der Waals surface area contributed by atoms with Crippen molar-refractivity contribution in [1.82, 2.24) is 0 Å². The Bertz CT molecular complexity index is 1150. The van der Waals surface area contributed by atoms with Gasteiger partial charge >= 0.3 is 5.97 Å². The number of carboxylic acids is 1. The van der Waals surface area contributed by atoms with Crippen molar-refractivity contribution in [2.24, 2.45) is 0 Å². The van der Waals surface area contributed by atoms with E-state index in [0.29, 0.717) is 12.1 Å². The number of hydrogen-bond donors (Lipinski definition) is 3. The molecule has 0 saturated carbocycles. The van der Waals surface area contributed by atoms with Gasteiger partial charge in [0.2, 0.25) is 5.91 Å². The van der Waals surface area contributed by atoms with Crippen molar-refractivity contribution in [3.8, 4) is 0 Å². The van der Waals surface area contributed by atoms with E-state index in [9.17, 15) is 14.7 Å². The fraction of sp³-hybridized carbons (Fsp3) is 0.286. The van der Waals surface area contributed by atoms with Gasteiger partial charge in [-0.2, -0.15) is 0 Å². The molecule has 0 bridgehead atoms. The number of amides is 1. The lowest BCUT2D eigenvalue weighted by Gasteiger charge is -2.36. The molecule has 188 valence electrons. The van der Waals surface area contributed by atoms with E-state index in [4.69, 9.17) is 14.6 Å². The van der Waals surface area contributed by atoms with Crippen LogP contribution < -0.4 is 5.32 Å². The molecule has 0 spiro atoms. The highest BCUT2D eigenvalue weighted by molar-refractivity contribution is 7.99. The number of carbonyl (C=O) groups is 2. The molecule has 3 atom stereocenters. The Morgan fingerprint density at radius 2 is 1.69 bits per heavy atom. The highest BCUT2D eigenvalue weighted by Crippen LogP contribution is 2.39. The maximum absolute atomic E-state index is 12.1. The topological polar surface area (TPSA) is 105 Å². The summed E-state index contributed by atoms with van der Waals surface area (Å²) in [6.45, 7) is -0.0150. The highest BCUT2D eigenvalue weighted by Gasteiger charge is 2.32. The largest absolute Gasteiger partial charge is 0.481 e. The Hall–Kier alpha value is -3.17. The lowest BCUT2D eigenvalue weighted by atomic mass is 10.0. The molecule has 1 heterocycles. The van der Waals surface area contributed by atoms with Crippen LogP contribution in [0.5, 0.6) is 0 Å². The van der Waals surface area contributed by atoms with Gasteiger partial charge in [-0.25, -0.2) is 0 Å². The Labute approximate surface area is 214 Å². The van der Waals surface area contributed by atoms with E-state index >= 15 is 0 Å². The second-order valence-electron chi connectivity index (χ2n) is 8.54. The van der Waals surface area contributed by atoms with Crippen molar-refractivity contribution >= 4 is 29.3 Å². The minimum atomic E-state index is -1.01. The number of carbonyl (C=O) groups excluding carboxylic acids is 1. The van der Waals surface area contributed by atoms with Gasteiger partial charge in [-0.1, -0.05) is 54.6 Å². The number of anilines is 1. The first-order valence-corrected chi connectivity index (χ1v) is 12.8. The van der Waals surface area contributed by atoms with Crippen LogP contribution >= 0.6 is 11.8 Å². The van der Waals surface area contributed by atoms with Gasteiger partial charge in [0.05, 0.1) is 25.2 Å². The highest BCUT2D eigenvalue weighted by atomic mass is 32.2. The number of nitrogens with one attached hydrogen (secondary N) is 1. The molecule has 1 aliphatic heterocycles. The summed E-state index contributed by atoms with van der Waals surface area (Å²) >= 11 is 1.73. The summed E-state index contributed by atoms with van der Waals surface area (Å²) < 4.78 is 12.7. The number of rotatable bonds is 10. The van der Waals surface area contributed by atoms with Crippen molar-refractivity contribution in [3.63, 3.8) is 0 Å². The summed E-state index contributed by atoms with van der Waals surface area (Å²) in [5.41, 5.74) is 3.16. The van der Waals surface area contributed by atoms with Crippen LogP contribution in [-0.4, -0.2) is 33.9 Å². The van der Waals surface area contributed by atoms with Crippen LogP contribution in [0.4, 0.5) is 5.69 Å². The third kappa shape index (κ3) is 7.41. The standard InChI is InChI=1S/C28H29NO6S/c30-17-19-9-11-20(12-10-19)25-16-23(18-36-24-7-2-1-3-8-24)34-28(35-25)21-5-4-6-22(15-21)29-26(31)13-14-27(32)33/h1-12,15,23,25,28,30H,13-14,16-18H2,(H,29,31)(H,32,33)/t23-,25+,28+/m1/s1. The maximum atomic E-state index is 12.1. The van der Waals surface area contributed by atoms with Gasteiger partial charge in [0.1, 0.15) is 0 Å². The van der Waals surface area contributed by atoms with Crippen LogP contribution in [0.25, 0.3) is 0 Å². The van der Waals surface area contributed by atoms with Crippen molar-refractivity contribution in [2.75, 3.05) is 11.1 Å². The summed E-state index contributed by atoms with van der Waals surface area (Å²) in [5, 5.41) is 20.9. The van der Waals surface area contributed by atoms with Gasteiger partial charge in [0, 0.05) is 34.7 Å². The molecule has 0 unspecified atom stereocenters. The van der Waals surface area contributed by atoms with Gasteiger partial charge in [-0.15, -0.1) is 11.8 Å². The molecule has 36 heavy (non-hydrogen) atoms. The molecule has 1 aliphatic rings. The van der Waals surface area contributed by atoms with Gasteiger partial charge < -0.3 is 25.0 Å². The van der Waals surface area contributed by atoms with Gasteiger partial charge in [0.25, 0.3) is 0 Å². The maximum Gasteiger partial charge on any atom is 0.303 e. The molecule has 1 saturated heterocycles. The van der Waals surface area contributed by atoms with E-state index in [1.165, 1.54) is 4.90 Å². The molecule has 7 nitrogen and oxygen atoms in total. The van der Waals surface area contributed by atoms with E-state index in [-0.39, 0.29) is 37.6 Å². The predicted molar refractivity (Wildman–Crippen MR) is 138 cm³/mol. The lowest BCUT2D eigenvalue weighted by molar-refractivity contribution is -0.245. The average Bonchev–Trinajstić information content (AvgIpc) is 2.91. The van der Waals surface area contributed by atoms with E-state index in [1.54, 1.807) is 23.9 Å². The predicted octanol–water partition coefficient (Wildman–Crippen LogP) is 5.32. The van der Waals surface area contributed by atoms with Gasteiger partial charge in [0.15, 0.2) is 6.29 Å². The van der Waals surface area contributed by atoms with E-state index in [2.05, 4.69) is 17.4 Å². The first-order chi connectivity index (χ1) is 17.5. The fourth-order valence-corrected chi connectivity index (χ4v) is 4.88. The number of aliphatic carboxylic acids is 1. The summed E-state index contributed by atoms with van der Waals surface area (Å²) in [5.74, 6) is -0.625. The van der Waals surface area contributed by atoms with E-state index < -0.39 is 12.3 Å². The average molecular weight is 508 g/mol. The molecule has 1 fully saturated rings. The van der Waals surface area contributed by atoms with Gasteiger partial charge in [-0.05, 0) is 35.4 Å². The number of ether oxygens (including phenoxy) is 2. The molecular formula is C28H29NO6S. The van der Waals surface area contributed by atoms with Crippen LogP contribution in [0.15, 0.2) is 83.8 Å². The van der Waals surface area contributed by atoms with Crippen molar-refractivity contribution in [3.05, 3.63) is 95.6 Å². The number of hydrogen-bond acceptors (Lipinski definition) is 6. The Balaban J connectivity index is 1.50. The molecule has 4 rings (SSSR count). The molecule has 3 N–H and O–H groups in total. The van der Waals surface area contributed by atoms with Gasteiger partial charge in [-0.3, -0.25) is 9.59 Å². The van der Waals surface area contributed by atoms with Crippen molar-refractivity contribution in [1.29, 1.82) is 0 Å². The number of aliphatic hydroxyl groups is 1. The number of carboxylic acid groups (broad SMARTS) is 1. The Morgan fingerprint density at radius 1 is 0.917 bits per heavy atom. The van der Waals surface area contributed by atoms with Crippen LogP contribution in [0.3, 0.4) is 0 Å². The summed E-state index contributed by atoms with van der Waals surface area (Å²) in [7, 11) is 0. The zero-order valence-corrected chi connectivity index (χ0v) is 20.5. The first-order valence-electron chi connectivity index (χ1n) is 11.8. The van der Waals surface area contributed by atoms with Crippen LogP contribution in [0, 0.1) is 0 Å². The normalized spacial score (nSPS) is 19.5. The zero-order valence-electron chi connectivity index (χ0n) is 19.7. The molecule has 0 radical (unpaired) electrons. The first kappa shape index (κ1) is 25.9. The number of thioether (sulfide) groups is 1. The second kappa shape index (κ2) is 12.7. The molecule has 8 heteroatoms. The molecule has 0 aromatic heterocycles. The SMILES string of the molecule is O=C(O)CCC(=O)Nc1cccc([C@H]2O[C@@H](CSc3ccccc3)C[C@@H](c3ccc(CO)cc3)O2)c1. The molecule has 3 aromatic carbocycles. The minimum absolute atomic E-state index is 0.0150. The van der Waals surface area contributed by atoms with Crippen molar-refractivity contribution in [2.45, 2.75) is 49.3 Å². The smallest absolute Gasteiger partial charge is 0.303 e. The molecule has 0 aliphatic carbocycles. The minimum Gasteiger partial charge on any atom is -0.481 e. The molecule has 3 aromatic rings. The van der Waals surface area contributed by atoms with Crippen molar-refractivity contribution < 1.29 is 29.3 Å². The summed E-state index contributed by atoms with van der Waals surface area (Å²) in [6, 6.07) is 25.1. The molecular weight excluding hydrogens is 478 g/mol. The Morgan fingerprint density at radius 3 is 2.42 bits per heavy atom. The third-order valence-corrected chi connectivity index (χ3v) is 6.95. The third-order valence-electron chi connectivity index (χ3n) is 5.80. The number of benzene rings is 3. The van der Waals surface area contributed by atoms with E-state index in [0.717, 1.165) is 22.4 Å². The number of aliphatic hydroxyl groups excluding tert-OH is 1. The summed E-state index contributed by atoms with van der Waals surface area (Å²) in [4.78, 5) is 24.0. The summed E-state index contributed by atoms with van der Waals surface area (Å²) in [6.07, 6.45) is -0.561. The second-order valence-corrected chi connectivity index (χ2v) is 9.63. The van der Waals surface area contributed by atoms with Crippen LogP contribution in [-0.2, 0) is 25.7 Å². The van der Waals surface area contributed by atoms with E-state index in [1.807, 2.05) is 54.6 Å². The zero-order chi connectivity index (χ0) is 25.3. The lowest BCUT2D eigenvalue weighted by Crippen LogP contribution is -2.31. The molecule has 1 amide bonds. The van der Waals surface area contributed by atoms with Crippen LogP contribution in [0.2, 0.25) is 0 Å². The monoisotopic (exact) mass is 507 g/mol. The Kier molecular flexibility index (Phi) is 9.13. The quantitative estimate of drug-likeness (QED) is 0.319.